The number of anilines is 1. The van der Waals surface area contributed by atoms with E-state index < -0.39 is 0 Å². The lowest BCUT2D eigenvalue weighted by Crippen LogP contribution is -1.84. The monoisotopic (exact) mass is 265 g/mol. The summed E-state index contributed by atoms with van der Waals surface area (Å²) < 4.78 is 0. The molecule has 0 fully saturated rings. The molecule has 0 heterocycles. The quantitative estimate of drug-likeness (QED) is 0.548. The van der Waals surface area contributed by atoms with Crippen LogP contribution in [0.25, 0.3) is 10.8 Å². The second-order valence-corrected chi connectivity index (χ2v) is 5.59. The molecule has 3 rings (SSSR count). The molecule has 0 saturated carbocycles. The Morgan fingerprint density at radius 2 is 1.53 bits per heavy atom. The molecule has 1 nitrogen and oxygen atoms in total. The minimum absolute atomic E-state index is 0.815. The van der Waals surface area contributed by atoms with Gasteiger partial charge in [-0.2, -0.15) is 0 Å². The van der Waals surface area contributed by atoms with Crippen LogP contribution >= 0.6 is 11.8 Å². The van der Waals surface area contributed by atoms with Crippen molar-refractivity contribution in [3.8, 4) is 0 Å². The van der Waals surface area contributed by atoms with E-state index in [1.807, 2.05) is 23.9 Å². The Bertz CT molecular complexity index is 689. The lowest BCUT2D eigenvalue weighted by molar-refractivity contribution is 1.39. The summed E-state index contributed by atoms with van der Waals surface area (Å²) in [5.74, 6) is 0.981. The molecule has 2 heteroatoms. The maximum Gasteiger partial charge on any atom is 0.0314 e. The van der Waals surface area contributed by atoms with Crippen molar-refractivity contribution < 1.29 is 0 Å². The summed E-state index contributed by atoms with van der Waals surface area (Å²) in [5, 5.41) is 2.60. The Kier molecular flexibility index (Phi) is 3.43. The first-order valence-corrected chi connectivity index (χ1v) is 7.26. The van der Waals surface area contributed by atoms with E-state index in [2.05, 4.69) is 54.6 Å². The Balaban J connectivity index is 1.76. The predicted octanol–water partition coefficient (Wildman–Crippen LogP) is 4.71. The van der Waals surface area contributed by atoms with Crippen molar-refractivity contribution >= 4 is 28.2 Å². The first-order valence-electron chi connectivity index (χ1n) is 6.27. The van der Waals surface area contributed by atoms with Gasteiger partial charge in [0.15, 0.2) is 0 Å². The molecule has 0 bridgehead atoms. The van der Waals surface area contributed by atoms with Crippen LogP contribution in [0, 0.1) is 0 Å². The Morgan fingerprint density at radius 1 is 0.789 bits per heavy atom. The number of rotatable bonds is 3. The second-order valence-electron chi connectivity index (χ2n) is 4.54. The van der Waals surface area contributed by atoms with Gasteiger partial charge in [-0.3, -0.25) is 0 Å². The highest BCUT2D eigenvalue weighted by atomic mass is 32.2. The summed E-state index contributed by atoms with van der Waals surface area (Å²) in [6, 6.07) is 23.2. The topological polar surface area (TPSA) is 26.0 Å². The number of nitrogens with two attached hydrogens (primary N) is 1. The van der Waals surface area contributed by atoms with Crippen LogP contribution in [0.3, 0.4) is 0 Å². The summed E-state index contributed by atoms with van der Waals surface area (Å²) in [5.41, 5.74) is 7.85. The van der Waals surface area contributed by atoms with E-state index in [-0.39, 0.29) is 0 Å². The van der Waals surface area contributed by atoms with Crippen LogP contribution in [0.1, 0.15) is 5.56 Å². The predicted molar refractivity (Wildman–Crippen MR) is 84.4 cm³/mol. The molecule has 94 valence electrons. The van der Waals surface area contributed by atoms with Gasteiger partial charge in [-0.25, -0.2) is 0 Å². The van der Waals surface area contributed by atoms with Crippen molar-refractivity contribution in [3.05, 3.63) is 72.3 Å². The fourth-order valence-corrected chi connectivity index (χ4v) is 2.90. The molecule has 0 aromatic heterocycles. The van der Waals surface area contributed by atoms with Crippen molar-refractivity contribution in [2.45, 2.75) is 10.6 Å². The Morgan fingerprint density at radius 3 is 2.32 bits per heavy atom. The molecule has 2 N–H and O–H groups in total. The van der Waals surface area contributed by atoms with Gasteiger partial charge in [0, 0.05) is 16.3 Å². The number of hydrogen-bond acceptors (Lipinski definition) is 2. The Hall–Kier alpha value is -1.93. The fraction of sp³-hybridized carbons (Fsp3) is 0.0588. The van der Waals surface area contributed by atoms with Crippen LogP contribution in [0.5, 0.6) is 0 Å². The highest BCUT2D eigenvalue weighted by Crippen LogP contribution is 2.25. The third-order valence-corrected chi connectivity index (χ3v) is 4.18. The average molecular weight is 265 g/mol. The van der Waals surface area contributed by atoms with Crippen molar-refractivity contribution in [1.29, 1.82) is 0 Å². The van der Waals surface area contributed by atoms with Gasteiger partial charge in [-0.15, -0.1) is 11.8 Å². The lowest BCUT2D eigenvalue weighted by atomic mass is 10.1. The van der Waals surface area contributed by atoms with Crippen molar-refractivity contribution in [2.24, 2.45) is 0 Å². The van der Waals surface area contributed by atoms with E-state index in [4.69, 9.17) is 5.73 Å². The molecule has 0 amide bonds. The first kappa shape index (κ1) is 12.1. The smallest absolute Gasteiger partial charge is 0.0314 e. The summed E-state index contributed by atoms with van der Waals surface area (Å²) in [6.07, 6.45) is 0. The van der Waals surface area contributed by atoms with E-state index in [9.17, 15) is 0 Å². The van der Waals surface area contributed by atoms with Crippen LogP contribution in [0.2, 0.25) is 0 Å². The summed E-state index contributed by atoms with van der Waals surface area (Å²) in [7, 11) is 0. The van der Waals surface area contributed by atoms with Gasteiger partial charge in [0.1, 0.15) is 0 Å². The zero-order valence-electron chi connectivity index (χ0n) is 10.5. The van der Waals surface area contributed by atoms with Gasteiger partial charge in [0.25, 0.3) is 0 Å². The van der Waals surface area contributed by atoms with E-state index in [1.54, 1.807) is 0 Å². The molecular weight excluding hydrogens is 250 g/mol. The van der Waals surface area contributed by atoms with Crippen LogP contribution in [0.4, 0.5) is 5.69 Å². The molecule has 0 aliphatic heterocycles. The molecule has 3 aromatic carbocycles. The lowest BCUT2D eigenvalue weighted by Gasteiger charge is -2.04. The summed E-state index contributed by atoms with van der Waals surface area (Å²) >= 11 is 1.84. The molecule has 0 spiro atoms. The molecule has 19 heavy (non-hydrogen) atoms. The minimum atomic E-state index is 0.815. The fourth-order valence-electron chi connectivity index (χ4n) is 2.06. The van der Waals surface area contributed by atoms with Gasteiger partial charge in [0.2, 0.25) is 0 Å². The molecular formula is C17H15NS. The SMILES string of the molecule is Nc1ccc(SCc2ccc3ccccc3c2)cc1. The summed E-state index contributed by atoms with van der Waals surface area (Å²) in [4.78, 5) is 1.25. The second kappa shape index (κ2) is 5.37. The molecule has 0 aliphatic carbocycles. The highest BCUT2D eigenvalue weighted by molar-refractivity contribution is 7.98. The number of thioether (sulfide) groups is 1. The highest BCUT2D eigenvalue weighted by Gasteiger charge is 1.98. The minimum Gasteiger partial charge on any atom is -0.399 e. The zero-order chi connectivity index (χ0) is 13.1. The van der Waals surface area contributed by atoms with E-state index in [0.29, 0.717) is 0 Å². The summed E-state index contributed by atoms with van der Waals surface area (Å²) in [6.45, 7) is 0. The molecule has 0 radical (unpaired) electrons. The number of hydrogen-bond donors (Lipinski definition) is 1. The number of nitrogen functional groups attached to an aromatic ring is 1. The van der Waals surface area contributed by atoms with Crippen LogP contribution in [-0.2, 0) is 5.75 Å². The molecule has 0 atom stereocenters. The maximum atomic E-state index is 5.69. The standard InChI is InChI=1S/C17H15NS/c18-16-7-9-17(10-8-16)19-12-13-5-6-14-3-1-2-4-15(14)11-13/h1-11H,12,18H2. The van der Waals surface area contributed by atoms with Crippen LogP contribution in [-0.4, -0.2) is 0 Å². The average Bonchev–Trinajstić information content (AvgIpc) is 2.46. The van der Waals surface area contributed by atoms with Crippen LogP contribution in [0.15, 0.2) is 71.6 Å². The van der Waals surface area contributed by atoms with E-state index in [1.165, 1.54) is 21.2 Å². The van der Waals surface area contributed by atoms with Gasteiger partial charge >= 0.3 is 0 Å². The van der Waals surface area contributed by atoms with Gasteiger partial charge in [0.05, 0.1) is 0 Å². The number of benzene rings is 3. The van der Waals surface area contributed by atoms with Crippen molar-refractivity contribution in [3.63, 3.8) is 0 Å². The van der Waals surface area contributed by atoms with E-state index in [0.717, 1.165) is 11.4 Å². The van der Waals surface area contributed by atoms with Gasteiger partial charge in [-0.1, -0.05) is 42.5 Å². The largest absolute Gasteiger partial charge is 0.399 e. The van der Waals surface area contributed by atoms with E-state index >= 15 is 0 Å². The van der Waals surface area contributed by atoms with Crippen molar-refractivity contribution in [2.75, 3.05) is 5.73 Å². The number of fused-ring (bicyclic) bond motifs is 1. The van der Waals surface area contributed by atoms with Crippen LogP contribution < -0.4 is 5.73 Å². The normalized spacial score (nSPS) is 10.7. The Labute approximate surface area is 117 Å². The third-order valence-electron chi connectivity index (χ3n) is 3.10. The molecule has 0 aliphatic rings. The third kappa shape index (κ3) is 2.91. The van der Waals surface area contributed by atoms with Gasteiger partial charge in [-0.05, 0) is 40.6 Å². The zero-order valence-corrected chi connectivity index (χ0v) is 11.4. The molecule has 0 unspecified atom stereocenters. The molecule has 0 saturated heterocycles. The first-order chi connectivity index (χ1) is 9.31. The molecule has 3 aromatic rings. The maximum absolute atomic E-state index is 5.69. The van der Waals surface area contributed by atoms with Crippen molar-refractivity contribution in [1.82, 2.24) is 0 Å². The van der Waals surface area contributed by atoms with Gasteiger partial charge < -0.3 is 5.73 Å².